The Labute approximate surface area is 109 Å². The van der Waals surface area contributed by atoms with Crippen molar-refractivity contribution in [3.8, 4) is 5.88 Å². The van der Waals surface area contributed by atoms with Crippen LogP contribution < -0.4 is 4.74 Å². The fourth-order valence-corrected chi connectivity index (χ4v) is 1.86. The van der Waals surface area contributed by atoms with Crippen LogP contribution in [0.1, 0.15) is 19.8 Å². The summed E-state index contributed by atoms with van der Waals surface area (Å²) >= 11 is 1.31. The maximum Gasteiger partial charge on any atom is 0.344 e. The van der Waals surface area contributed by atoms with Crippen LogP contribution in [0.2, 0.25) is 0 Å². The molecular weight excluding hydrogens is 252 g/mol. The van der Waals surface area contributed by atoms with Crippen LogP contribution in [0.4, 0.5) is 0 Å². The molecule has 0 N–H and O–H groups in total. The molecule has 95 valence electrons. The van der Waals surface area contributed by atoms with E-state index in [2.05, 4.69) is 15.5 Å². The van der Waals surface area contributed by atoms with E-state index in [1.165, 1.54) is 11.3 Å². The van der Waals surface area contributed by atoms with Crippen LogP contribution in [0.5, 0.6) is 5.88 Å². The molecule has 0 bridgehead atoms. The van der Waals surface area contributed by atoms with Crippen molar-refractivity contribution < 1.29 is 14.3 Å². The molecule has 0 aliphatic rings. The molecule has 0 saturated heterocycles. The van der Waals surface area contributed by atoms with Crippen molar-refractivity contribution in [3.05, 3.63) is 17.6 Å². The topological polar surface area (TPSA) is 61.3 Å². The molecular formula is C12H13N2O3S. The normalized spacial score (nSPS) is 10.5. The molecule has 5 nitrogen and oxygen atoms in total. The maximum atomic E-state index is 11.3. The molecule has 0 unspecified atom stereocenters. The number of carbonyl (C=O) groups is 1. The van der Waals surface area contributed by atoms with E-state index in [1.54, 1.807) is 12.1 Å². The van der Waals surface area contributed by atoms with Crippen molar-refractivity contribution in [2.75, 3.05) is 13.2 Å². The van der Waals surface area contributed by atoms with E-state index < -0.39 is 0 Å². The zero-order valence-electron chi connectivity index (χ0n) is 10.0. The first-order valence-corrected chi connectivity index (χ1v) is 6.53. The van der Waals surface area contributed by atoms with Gasteiger partial charge in [0.2, 0.25) is 5.88 Å². The third-order valence-corrected chi connectivity index (χ3v) is 2.90. The number of aromatic nitrogens is 2. The van der Waals surface area contributed by atoms with Gasteiger partial charge in [-0.1, -0.05) is 24.7 Å². The van der Waals surface area contributed by atoms with E-state index >= 15 is 0 Å². The third-order valence-electron chi connectivity index (χ3n) is 2.22. The lowest BCUT2D eigenvalue weighted by molar-refractivity contribution is -0.146. The summed E-state index contributed by atoms with van der Waals surface area (Å²) in [6.07, 6.45) is 1.86. The number of esters is 1. The quantitative estimate of drug-likeness (QED) is 0.592. The first-order valence-electron chi connectivity index (χ1n) is 5.71. The highest BCUT2D eigenvalue weighted by molar-refractivity contribution is 7.15. The predicted molar refractivity (Wildman–Crippen MR) is 67.6 cm³/mol. The first kappa shape index (κ1) is 12.8. The van der Waals surface area contributed by atoms with Crippen LogP contribution in [0.15, 0.2) is 12.1 Å². The third kappa shape index (κ3) is 3.40. The number of rotatable bonds is 6. The van der Waals surface area contributed by atoms with E-state index in [0.29, 0.717) is 12.5 Å². The van der Waals surface area contributed by atoms with Gasteiger partial charge in [0.05, 0.1) is 6.61 Å². The number of hydrogen-bond donors (Lipinski definition) is 0. The second-order valence-electron chi connectivity index (χ2n) is 3.64. The Hall–Kier alpha value is -1.69. The van der Waals surface area contributed by atoms with Crippen molar-refractivity contribution in [3.63, 3.8) is 0 Å². The van der Waals surface area contributed by atoms with Crippen LogP contribution in [0, 0.1) is 5.51 Å². The Balaban J connectivity index is 1.83. The summed E-state index contributed by atoms with van der Waals surface area (Å²) in [4.78, 5) is 20.2. The lowest BCUT2D eigenvalue weighted by atomic mass is 10.4. The van der Waals surface area contributed by atoms with Gasteiger partial charge in [-0.05, 0) is 12.5 Å². The van der Waals surface area contributed by atoms with Crippen molar-refractivity contribution in [2.24, 2.45) is 0 Å². The van der Waals surface area contributed by atoms with Crippen LogP contribution in [-0.2, 0) is 9.53 Å². The Bertz CT molecular complexity index is 527. The maximum absolute atomic E-state index is 11.3. The monoisotopic (exact) mass is 265 g/mol. The summed E-state index contributed by atoms with van der Waals surface area (Å²) in [5, 5.41) is 0. The minimum absolute atomic E-state index is 0.120. The highest BCUT2D eigenvalue weighted by Gasteiger charge is 2.06. The van der Waals surface area contributed by atoms with Gasteiger partial charge in [0.15, 0.2) is 12.1 Å². The number of ether oxygens (including phenoxy) is 2. The molecule has 18 heavy (non-hydrogen) atoms. The molecule has 2 aromatic heterocycles. The van der Waals surface area contributed by atoms with Gasteiger partial charge >= 0.3 is 5.97 Å². The smallest absolute Gasteiger partial charge is 0.344 e. The number of pyridine rings is 1. The van der Waals surface area contributed by atoms with E-state index in [0.717, 1.165) is 23.2 Å². The van der Waals surface area contributed by atoms with Gasteiger partial charge in [0.25, 0.3) is 0 Å². The molecule has 0 fully saturated rings. The van der Waals surface area contributed by atoms with E-state index in [1.807, 2.05) is 6.92 Å². The molecule has 6 heteroatoms. The molecule has 0 spiro atoms. The molecule has 0 saturated carbocycles. The molecule has 2 rings (SSSR count). The highest BCUT2D eigenvalue weighted by atomic mass is 32.1. The Morgan fingerprint density at radius 2 is 2.39 bits per heavy atom. The predicted octanol–water partition coefficient (Wildman–Crippen LogP) is 2.21. The van der Waals surface area contributed by atoms with Gasteiger partial charge in [-0.15, -0.1) is 0 Å². The van der Waals surface area contributed by atoms with E-state index in [4.69, 9.17) is 9.47 Å². The summed E-state index contributed by atoms with van der Waals surface area (Å²) in [6.45, 7) is 2.36. The molecule has 0 aromatic carbocycles. The Morgan fingerprint density at radius 3 is 3.22 bits per heavy atom. The minimum atomic E-state index is -0.374. The van der Waals surface area contributed by atoms with E-state index in [-0.39, 0.29) is 12.6 Å². The zero-order valence-corrected chi connectivity index (χ0v) is 10.8. The number of nitrogens with zero attached hydrogens (tertiary/aromatic N) is 2. The zero-order chi connectivity index (χ0) is 12.8. The van der Waals surface area contributed by atoms with Gasteiger partial charge in [0, 0.05) is 6.07 Å². The number of thiazole rings is 1. The number of fused-ring (bicyclic) bond motifs is 1. The molecule has 1 radical (unpaired) electrons. The van der Waals surface area contributed by atoms with Crippen LogP contribution in [0.25, 0.3) is 10.3 Å². The lowest BCUT2D eigenvalue weighted by Gasteiger charge is -2.05. The van der Waals surface area contributed by atoms with Gasteiger partial charge in [-0.3, -0.25) is 0 Å². The standard InChI is InChI=1S/C12H13N2O3S/c1-2-3-6-16-11(15)7-17-10-5-4-9-12(14-10)18-8-13-9/h4-5H,2-3,6-7H2,1H3. The highest BCUT2D eigenvalue weighted by Crippen LogP contribution is 2.18. The second-order valence-corrected chi connectivity index (χ2v) is 4.42. The first-order chi connectivity index (χ1) is 8.79. The molecule has 0 atom stereocenters. The fourth-order valence-electron chi connectivity index (χ4n) is 1.28. The lowest BCUT2D eigenvalue weighted by Crippen LogP contribution is -2.15. The minimum Gasteiger partial charge on any atom is -0.466 e. The largest absolute Gasteiger partial charge is 0.466 e. The van der Waals surface area contributed by atoms with Gasteiger partial charge in [0.1, 0.15) is 10.3 Å². The van der Waals surface area contributed by atoms with Crippen LogP contribution >= 0.6 is 11.3 Å². The molecule has 2 aromatic rings. The number of hydrogen-bond acceptors (Lipinski definition) is 6. The molecule has 0 aliphatic heterocycles. The molecule has 0 amide bonds. The average Bonchev–Trinajstić information content (AvgIpc) is 2.84. The summed E-state index contributed by atoms with van der Waals surface area (Å²) in [7, 11) is 0. The molecule has 0 aliphatic carbocycles. The van der Waals surface area contributed by atoms with Crippen molar-refractivity contribution >= 4 is 27.7 Å². The average molecular weight is 265 g/mol. The van der Waals surface area contributed by atoms with Gasteiger partial charge < -0.3 is 9.47 Å². The fraction of sp³-hybridized carbons (Fsp3) is 0.417. The van der Waals surface area contributed by atoms with Crippen molar-refractivity contribution in [1.29, 1.82) is 0 Å². The summed E-state index contributed by atoms with van der Waals surface area (Å²) < 4.78 is 10.2. The van der Waals surface area contributed by atoms with Gasteiger partial charge in [-0.25, -0.2) is 14.8 Å². The Morgan fingerprint density at radius 1 is 1.50 bits per heavy atom. The Kier molecular flexibility index (Phi) is 4.46. The van der Waals surface area contributed by atoms with Crippen molar-refractivity contribution in [1.82, 2.24) is 9.97 Å². The number of carbonyl (C=O) groups excluding carboxylic acids is 1. The summed E-state index contributed by atoms with van der Waals surface area (Å²) in [6, 6.07) is 3.46. The SMILES string of the molecule is CCCCOC(=O)COc1ccc2n[c]sc2n1. The second kappa shape index (κ2) is 6.30. The van der Waals surface area contributed by atoms with Crippen LogP contribution in [0.3, 0.4) is 0 Å². The van der Waals surface area contributed by atoms with Crippen LogP contribution in [-0.4, -0.2) is 29.2 Å². The summed E-state index contributed by atoms with van der Waals surface area (Å²) in [5.74, 6) is 0.0220. The van der Waals surface area contributed by atoms with Gasteiger partial charge in [-0.2, -0.15) is 0 Å². The molecule has 2 heterocycles. The van der Waals surface area contributed by atoms with E-state index in [9.17, 15) is 4.79 Å². The number of unbranched alkanes of at least 4 members (excludes halogenated alkanes) is 1. The van der Waals surface area contributed by atoms with Crippen molar-refractivity contribution in [2.45, 2.75) is 19.8 Å². The summed E-state index contributed by atoms with van der Waals surface area (Å²) in [5.41, 5.74) is 3.52.